The second kappa shape index (κ2) is 5.90. The summed E-state index contributed by atoms with van der Waals surface area (Å²) in [6.07, 6.45) is 3.32. The van der Waals surface area contributed by atoms with Gasteiger partial charge in [-0.05, 0) is 32.4 Å². The van der Waals surface area contributed by atoms with Crippen molar-refractivity contribution in [3.05, 3.63) is 35.0 Å². The van der Waals surface area contributed by atoms with E-state index in [0.29, 0.717) is 10.6 Å². The number of hydrogen-bond acceptors (Lipinski definition) is 2. The van der Waals surface area contributed by atoms with Crippen molar-refractivity contribution in [1.82, 2.24) is 9.88 Å². The van der Waals surface area contributed by atoms with E-state index in [1.165, 1.54) is 0 Å². The molecule has 1 heterocycles. The van der Waals surface area contributed by atoms with Gasteiger partial charge in [-0.25, -0.2) is 0 Å². The van der Waals surface area contributed by atoms with Crippen LogP contribution in [-0.2, 0) is 11.3 Å². The van der Waals surface area contributed by atoms with Crippen molar-refractivity contribution in [2.45, 2.75) is 39.3 Å². The molecule has 1 N–H and O–H groups in total. The third-order valence-corrected chi connectivity index (χ3v) is 3.91. The predicted octanol–water partition coefficient (Wildman–Crippen LogP) is 3.41. The van der Waals surface area contributed by atoms with E-state index in [1.807, 2.05) is 20.8 Å². The minimum atomic E-state index is -0.245. The van der Waals surface area contributed by atoms with E-state index in [2.05, 4.69) is 5.32 Å². The third kappa shape index (κ3) is 3.45. The summed E-state index contributed by atoms with van der Waals surface area (Å²) in [7, 11) is 0. The van der Waals surface area contributed by atoms with Gasteiger partial charge in [-0.3, -0.25) is 9.59 Å². The van der Waals surface area contributed by atoms with Crippen LogP contribution in [0, 0.1) is 0 Å². The molecule has 0 aliphatic heterocycles. The molecule has 4 nitrogen and oxygen atoms in total. The van der Waals surface area contributed by atoms with E-state index in [0.717, 1.165) is 23.6 Å². The van der Waals surface area contributed by atoms with Gasteiger partial charge in [0, 0.05) is 27.7 Å². The smallest absolute Gasteiger partial charge is 0.240 e. The van der Waals surface area contributed by atoms with Crippen LogP contribution in [0.4, 0.5) is 0 Å². The van der Waals surface area contributed by atoms with Gasteiger partial charge in [0.25, 0.3) is 0 Å². The number of benzene rings is 1. The number of amides is 1. The zero-order chi connectivity index (χ0) is 15.6. The van der Waals surface area contributed by atoms with E-state index in [1.54, 1.807) is 29.0 Å². The summed E-state index contributed by atoms with van der Waals surface area (Å²) in [4.78, 5) is 23.3. The second-order valence-electron chi connectivity index (χ2n) is 5.78. The van der Waals surface area contributed by atoms with Gasteiger partial charge in [0.15, 0.2) is 6.29 Å². The molecule has 0 atom stereocenters. The van der Waals surface area contributed by atoms with E-state index in [-0.39, 0.29) is 18.0 Å². The average molecular weight is 307 g/mol. The molecule has 2 rings (SSSR count). The molecule has 1 aromatic carbocycles. The van der Waals surface area contributed by atoms with Crippen LogP contribution in [0.2, 0.25) is 5.02 Å². The minimum absolute atomic E-state index is 0.0869. The normalized spacial score (nSPS) is 11.6. The SMILES string of the molecule is CCC(C)(C)NC(=O)Cn1cc(C=O)c2ccc(Cl)cc21. The summed E-state index contributed by atoms with van der Waals surface area (Å²) in [6.45, 7) is 6.14. The summed E-state index contributed by atoms with van der Waals surface area (Å²) in [5, 5.41) is 4.36. The first-order chi connectivity index (χ1) is 9.86. The van der Waals surface area contributed by atoms with Crippen LogP contribution in [0.15, 0.2) is 24.4 Å². The molecule has 2 aromatic rings. The predicted molar refractivity (Wildman–Crippen MR) is 84.8 cm³/mol. The van der Waals surface area contributed by atoms with Crippen molar-refractivity contribution in [2.75, 3.05) is 0 Å². The lowest BCUT2D eigenvalue weighted by Crippen LogP contribution is -2.44. The van der Waals surface area contributed by atoms with Gasteiger partial charge >= 0.3 is 0 Å². The highest BCUT2D eigenvalue weighted by Gasteiger charge is 2.19. The lowest BCUT2D eigenvalue weighted by Gasteiger charge is -2.24. The molecule has 0 aliphatic carbocycles. The van der Waals surface area contributed by atoms with Crippen molar-refractivity contribution < 1.29 is 9.59 Å². The second-order valence-corrected chi connectivity index (χ2v) is 6.21. The van der Waals surface area contributed by atoms with Gasteiger partial charge < -0.3 is 9.88 Å². The molecule has 0 spiro atoms. The number of halogens is 1. The Morgan fingerprint density at radius 1 is 1.43 bits per heavy atom. The maximum Gasteiger partial charge on any atom is 0.240 e. The van der Waals surface area contributed by atoms with Crippen LogP contribution in [0.25, 0.3) is 10.9 Å². The number of fused-ring (bicyclic) bond motifs is 1. The largest absolute Gasteiger partial charge is 0.350 e. The monoisotopic (exact) mass is 306 g/mol. The standard InChI is InChI=1S/C16H19ClN2O2/c1-4-16(2,3)18-15(21)9-19-8-11(10-20)13-6-5-12(17)7-14(13)19/h5-8,10H,4,9H2,1-3H3,(H,18,21). The highest BCUT2D eigenvalue weighted by molar-refractivity contribution is 6.31. The van der Waals surface area contributed by atoms with Gasteiger partial charge in [0.1, 0.15) is 6.54 Å². The van der Waals surface area contributed by atoms with E-state index >= 15 is 0 Å². The Kier molecular flexibility index (Phi) is 4.37. The van der Waals surface area contributed by atoms with E-state index in [4.69, 9.17) is 11.6 Å². The molecule has 112 valence electrons. The van der Waals surface area contributed by atoms with Crippen molar-refractivity contribution in [3.8, 4) is 0 Å². The summed E-state index contributed by atoms with van der Waals surface area (Å²) < 4.78 is 1.76. The Bertz CT molecular complexity index is 689. The van der Waals surface area contributed by atoms with Crippen molar-refractivity contribution in [3.63, 3.8) is 0 Å². The molecular weight excluding hydrogens is 288 g/mol. The van der Waals surface area contributed by atoms with Crippen LogP contribution >= 0.6 is 11.6 Å². The number of nitrogens with zero attached hydrogens (tertiary/aromatic N) is 1. The van der Waals surface area contributed by atoms with Gasteiger partial charge in [0.2, 0.25) is 5.91 Å². The highest BCUT2D eigenvalue weighted by atomic mass is 35.5. The zero-order valence-corrected chi connectivity index (χ0v) is 13.2. The van der Waals surface area contributed by atoms with Crippen molar-refractivity contribution in [1.29, 1.82) is 0 Å². The molecule has 21 heavy (non-hydrogen) atoms. The molecule has 1 aromatic heterocycles. The summed E-state index contributed by atoms with van der Waals surface area (Å²) >= 11 is 6.01. The number of aldehydes is 1. The van der Waals surface area contributed by atoms with Gasteiger partial charge in [0.05, 0.1) is 5.52 Å². The van der Waals surface area contributed by atoms with E-state index < -0.39 is 0 Å². The summed E-state index contributed by atoms with van der Waals surface area (Å²) in [5.41, 5.74) is 1.10. The number of aromatic nitrogens is 1. The Morgan fingerprint density at radius 2 is 2.14 bits per heavy atom. The number of rotatable bonds is 5. The molecule has 0 saturated carbocycles. The lowest BCUT2D eigenvalue weighted by atomic mass is 10.0. The van der Waals surface area contributed by atoms with Crippen LogP contribution in [0.5, 0.6) is 0 Å². The van der Waals surface area contributed by atoms with Crippen LogP contribution in [0.3, 0.4) is 0 Å². The quantitative estimate of drug-likeness (QED) is 0.861. The first-order valence-corrected chi connectivity index (χ1v) is 7.28. The molecule has 0 fully saturated rings. The first kappa shape index (κ1) is 15.6. The van der Waals surface area contributed by atoms with Crippen LogP contribution < -0.4 is 5.32 Å². The number of carbonyl (C=O) groups excluding carboxylic acids is 2. The number of carbonyl (C=O) groups is 2. The van der Waals surface area contributed by atoms with Gasteiger partial charge in [-0.15, -0.1) is 0 Å². The number of hydrogen-bond donors (Lipinski definition) is 1. The fraction of sp³-hybridized carbons (Fsp3) is 0.375. The Hall–Kier alpha value is -1.81. The lowest BCUT2D eigenvalue weighted by molar-refractivity contribution is -0.123. The number of nitrogens with one attached hydrogen (secondary N) is 1. The molecule has 0 aliphatic rings. The Morgan fingerprint density at radius 3 is 2.76 bits per heavy atom. The zero-order valence-electron chi connectivity index (χ0n) is 12.4. The van der Waals surface area contributed by atoms with Gasteiger partial charge in [-0.1, -0.05) is 24.6 Å². The van der Waals surface area contributed by atoms with Crippen LogP contribution in [0.1, 0.15) is 37.6 Å². The topological polar surface area (TPSA) is 51.1 Å². The first-order valence-electron chi connectivity index (χ1n) is 6.91. The van der Waals surface area contributed by atoms with E-state index in [9.17, 15) is 9.59 Å². The highest BCUT2D eigenvalue weighted by Crippen LogP contribution is 2.24. The molecular formula is C16H19ClN2O2. The molecule has 0 unspecified atom stereocenters. The third-order valence-electron chi connectivity index (χ3n) is 3.68. The van der Waals surface area contributed by atoms with Crippen LogP contribution in [-0.4, -0.2) is 22.3 Å². The maximum atomic E-state index is 12.2. The molecule has 5 heteroatoms. The summed E-state index contributed by atoms with van der Waals surface area (Å²) in [5.74, 6) is -0.0869. The maximum absolute atomic E-state index is 12.2. The van der Waals surface area contributed by atoms with Crippen molar-refractivity contribution >= 4 is 34.7 Å². The molecule has 1 amide bonds. The fourth-order valence-electron chi connectivity index (χ4n) is 2.18. The van der Waals surface area contributed by atoms with Crippen molar-refractivity contribution in [2.24, 2.45) is 0 Å². The Labute approximate surface area is 129 Å². The fourth-order valence-corrected chi connectivity index (χ4v) is 2.34. The minimum Gasteiger partial charge on any atom is -0.350 e. The molecule has 0 radical (unpaired) electrons. The van der Waals surface area contributed by atoms with Gasteiger partial charge in [-0.2, -0.15) is 0 Å². The molecule has 0 bridgehead atoms. The molecule has 0 saturated heterocycles. The summed E-state index contributed by atoms with van der Waals surface area (Å²) in [6, 6.07) is 5.30. The average Bonchev–Trinajstić information content (AvgIpc) is 2.75. The Balaban J connectivity index is 2.32.